The molecule has 0 aliphatic heterocycles. The molecule has 0 unspecified atom stereocenters. The van der Waals surface area contributed by atoms with Gasteiger partial charge in [0.05, 0.1) is 0 Å². The average molecular weight is 547 g/mol. The molecule has 36 heavy (non-hydrogen) atoms. The van der Waals surface area contributed by atoms with Crippen molar-refractivity contribution in [1.82, 2.24) is 29.9 Å². The molecule has 0 saturated heterocycles. The molecular weight excluding hydrogens is 521 g/mol. The zero-order valence-corrected chi connectivity index (χ0v) is 22.3. The van der Waals surface area contributed by atoms with Gasteiger partial charge < -0.3 is 16.0 Å². The third kappa shape index (κ3) is 10.2. The Labute approximate surface area is 225 Å². The Balaban J connectivity index is 0.000000205. The molecule has 0 bridgehead atoms. The van der Waals surface area contributed by atoms with Crippen molar-refractivity contribution in [1.29, 1.82) is 0 Å². The van der Waals surface area contributed by atoms with Gasteiger partial charge in [-0.3, -0.25) is 0 Å². The molecule has 188 valence electrons. The Morgan fingerprint density at radius 1 is 0.556 bits per heavy atom. The molecular formula is C24H26Cl3N9. The van der Waals surface area contributed by atoms with E-state index in [1.165, 1.54) is 0 Å². The lowest BCUT2D eigenvalue weighted by molar-refractivity contribution is 0.625. The Morgan fingerprint density at radius 3 is 1.39 bits per heavy atom. The minimum absolute atomic E-state index is 0.0792. The number of halogens is 3. The molecule has 9 nitrogen and oxygen atoms in total. The van der Waals surface area contributed by atoms with Crippen LogP contribution in [0.25, 0.3) is 0 Å². The summed E-state index contributed by atoms with van der Waals surface area (Å²) < 4.78 is 0. The van der Waals surface area contributed by atoms with E-state index in [0.29, 0.717) is 30.9 Å². The zero-order valence-electron chi connectivity index (χ0n) is 20.0. The largest absolute Gasteiger partial charge is 0.350 e. The van der Waals surface area contributed by atoms with Crippen molar-refractivity contribution >= 4 is 52.6 Å². The summed E-state index contributed by atoms with van der Waals surface area (Å²) in [5, 5.41) is 9.65. The normalized spacial score (nSPS) is 10.7. The predicted molar refractivity (Wildman–Crippen MR) is 146 cm³/mol. The monoisotopic (exact) mass is 545 g/mol. The maximum Gasteiger partial charge on any atom is 0.229 e. The first kappa shape index (κ1) is 27.3. The highest BCUT2D eigenvalue weighted by Crippen LogP contribution is 2.15. The van der Waals surface area contributed by atoms with E-state index in [0.717, 1.165) is 11.1 Å². The second kappa shape index (κ2) is 13.2. The van der Waals surface area contributed by atoms with Crippen LogP contribution >= 0.6 is 34.8 Å². The highest BCUT2D eigenvalue weighted by molar-refractivity contribution is 6.31. The van der Waals surface area contributed by atoms with Gasteiger partial charge in [0.15, 0.2) is 0 Å². The third-order valence-electron chi connectivity index (χ3n) is 4.26. The summed E-state index contributed by atoms with van der Waals surface area (Å²) in [7, 11) is 0. The van der Waals surface area contributed by atoms with Gasteiger partial charge in [0.2, 0.25) is 33.7 Å². The number of anilines is 3. The van der Waals surface area contributed by atoms with Crippen molar-refractivity contribution in [3.05, 3.63) is 87.6 Å². The number of rotatable bonds is 7. The molecule has 0 radical (unpaired) electrons. The van der Waals surface area contributed by atoms with Crippen LogP contribution in [0.4, 0.5) is 17.8 Å². The summed E-state index contributed by atoms with van der Waals surface area (Å²) in [6, 6.07) is 19.9. The molecule has 0 fully saturated rings. The molecule has 0 atom stereocenters. The Bertz CT molecular complexity index is 1220. The summed E-state index contributed by atoms with van der Waals surface area (Å²) in [6.45, 7) is 7.33. The molecule has 2 aromatic carbocycles. The van der Waals surface area contributed by atoms with Crippen LogP contribution in [-0.2, 0) is 13.1 Å². The summed E-state index contributed by atoms with van der Waals surface area (Å²) in [5.41, 5.74) is 2.13. The zero-order chi connectivity index (χ0) is 26.0. The van der Waals surface area contributed by atoms with Crippen molar-refractivity contribution in [2.24, 2.45) is 0 Å². The van der Waals surface area contributed by atoms with Gasteiger partial charge in [-0.15, -0.1) is 0 Å². The quantitative estimate of drug-likeness (QED) is 0.251. The molecule has 2 aromatic heterocycles. The van der Waals surface area contributed by atoms with E-state index >= 15 is 0 Å². The second-order valence-corrected chi connectivity index (χ2v) is 9.52. The van der Waals surface area contributed by atoms with Crippen molar-refractivity contribution in [3.63, 3.8) is 0 Å². The summed E-state index contributed by atoms with van der Waals surface area (Å²) in [6.07, 6.45) is 0. The van der Waals surface area contributed by atoms with E-state index in [-0.39, 0.29) is 21.4 Å². The van der Waals surface area contributed by atoms with Crippen LogP contribution in [-0.4, -0.2) is 35.4 Å². The second-order valence-electron chi connectivity index (χ2n) is 8.50. The van der Waals surface area contributed by atoms with E-state index in [2.05, 4.69) is 45.9 Å². The predicted octanol–water partition coefficient (Wildman–Crippen LogP) is 6.14. The standard InChI is InChI=1S/C14H18ClN5.C10H8Cl2N4/c1-14(2,3)20-13-18-11(15)17-12(19-13)16-9-10-7-5-4-6-8-10;11-8-14-9(12)16-10(15-8)13-6-7-4-2-1-3-5-7/h4-8H,9H2,1-3H3,(H2,16,17,18,19,20);1-5H,6H2,(H,13,14,15,16). The molecule has 0 saturated carbocycles. The molecule has 3 N–H and O–H groups in total. The molecule has 12 heteroatoms. The number of nitrogens with zero attached hydrogens (tertiary/aromatic N) is 6. The lowest BCUT2D eigenvalue weighted by Crippen LogP contribution is -2.27. The topological polar surface area (TPSA) is 113 Å². The van der Waals surface area contributed by atoms with Crippen molar-refractivity contribution in [2.75, 3.05) is 16.0 Å². The average Bonchev–Trinajstić information content (AvgIpc) is 2.81. The van der Waals surface area contributed by atoms with E-state index < -0.39 is 0 Å². The van der Waals surface area contributed by atoms with Crippen LogP contribution < -0.4 is 16.0 Å². The molecule has 0 spiro atoms. The van der Waals surface area contributed by atoms with E-state index in [9.17, 15) is 0 Å². The fraction of sp³-hybridized carbons (Fsp3) is 0.250. The first-order valence-corrected chi connectivity index (χ1v) is 12.1. The SMILES string of the molecule is CC(C)(C)Nc1nc(Cl)nc(NCc2ccccc2)n1.Clc1nc(Cl)nc(NCc2ccccc2)n1. The molecule has 0 amide bonds. The number of aromatic nitrogens is 6. The first-order valence-electron chi connectivity index (χ1n) is 11.0. The van der Waals surface area contributed by atoms with Gasteiger partial charge in [-0.1, -0.05) is 60.7 Å². The highest BCUT2D eigenvalue weighted by atomic mass is 35.5. The van der Waals surface area contributed by atoms with Crippen LogP contribution in [0.5, 0.6) is 0 Å². The highest BCUT2D eigenvalue weighted by Gasteiger charge is 2.13. The van der Waals surface area contributed by atoms with Crippen LogP contribution in [0, 0.1) is 0 Å². The lowest BCUT2D eigenvalue weighted by Gasteiger charge is -2.20. The Hall–Kier alpha value is -3.27. The van der Waals surface area contributed by atoms with Crippen molar-refractivity contribution < 1.29 is 0 Å². The maximum atomic E-state index is 5.92. The van der Waals surface area contributed by atoms with E-state index in [4.69, 9.17) is 34.8 Å². The molecule has 4 aromatic rings. The van der Waals surface area contributed by atoms with Crippen LogP contribution in [0.15, 0.2) is 60.7 Å². The number of nitrogens with one attached hydrogen (secondary N) is 3. The van der Waals surface area contributed by atoms with Crippen LogP contribution in [0.3, 0.4) is 0 Å². The number of benzene rings is 2. The van der Waals surface area contributed by atoms with Gasteiger partial charge in [-0.25, -0.2) is 0 Å². The van der Waals surface area contributed by atoms with Gasteiger partial charge in [-0.05, 0) is 66.7 Å². The van der Waals surface area contributed by atoms with E-state index in [1.807, 2.05) is 81.4 Å². The van der Waals surface area contributed by atoms with Crippen LogP contribution in [0.2, 0.25) is 15.9 Å². The van der Waals surface area contributed by atoms with Crippen molar-refractivity contribution in [2.45, 2.75) is 39.4 Å². The van der Waals surface area contributed by atoms with Gasteiger partial charge in [0.25, 0.3) is 0 Å². The first-order chi connectivity index (χ1) is 17.2. The third-order valence-corrected chi connectivity index (χ3v) is 4.77. The van der Waals surface area contributed by atoms with Crippen LogP contribution in [0.1, 0.15) is 31.9 Å². The minimum Gasteiger partial charge on any atom is -0.350 e. The Morgan fingerprint density at radius 2 is 0.944 bits per heavy atom. The number of hydrogen-bond acceptors (Lipinski definition) is 9. The molecule has 4 rings (SSSR count). The fourth-order valence-corrected chi connectivity index (χ4v) is 3.30. The van der Waals surface area contributed by atoms with Gasteiger partial charge in [0, 0.05) is 18.6 Å². The summed E-state index contributed by atoms with van der Waals surface area (Å²) >= 11 is 17.2. The Kier molecular flexibility index (Phi) is 9.98. The lowest BCUT2D eigenvalue weighted by atomic mass is 10.1. The van der Waals surface area contributed by atoms with Gasteiger partial charge in [-0.2, -0.15) is 29.9 Å². The summed E-state index contributed by atoms with van der Waals surface area (Å²) in [4.78, 5) is 23.9. The van der Waals surface area contributed by atoms with Gasteiger partial charge >= 0.3 is 0 Å². The van der Waals surface area contributed by atoms with Gasteiger partial charge in [0.1, 0.15) is 0 Å². The number of hydrogen-bond donors (Lipinski definition) is 3. The van der Waals surface area contributed by atoms with E-state index in [1.54, 1.807) is 0 Å². The maximum absolute atomic E-state index is 5.92. The molecule has 2 heterocycles. The molecule has 0 aliphatic carbocycles. The minimum atomic E-state index is -0.138. The summed E-state index contributed by atoms with van der Waals surface area (Å²) in [5.74, 6) is 1.29. The molecule has 0 aliphatic rings. The smallest absolute Gasteiger partial charge is 0.229 e. The van der Waals surface area contributed by atoms with Crippen molar-refractivity contribution in [3.8, 4) is 0 Å². The fourth-order valence-electron chi connectivity index (χ4n) is 2.78.